The number of fused-ring (bicyclic) bond motifs is 1. The third-order valence-corrected chi connectivity index (χ3v) is 6.84. The summed E-state index contributed by atoms with van der Waals surface area (Å²) in [5.41, 5.74) is 7.69. The molecule has 0 spiro atoms. The van der Waals surface area contributed by atoms with Crippen molar-refractivity contribution in [1.29, 1.82) is 0 Å². The first kappa shape index (κ1) is 21.9. The highest BCUT2D eigenvalue weighted by Gasteiger charge is 2.29. The summed E-state index contributed by atoms with van der Waals surface area (Å²) in [6, 6.07) is 10.1. The zero-order chi connectivity index (χ0) is 22.3. The smallest absolute Gasteiger partial charge is 0.250 e. The number of hydrogen-bond donors (Lipinski definition) is 1. The maximum absolute atomic E-state index is 15.0. The molecule has 4 rings (SSSR count). The number of hydrogen-bond acceptors (Lipinski definition) is 6. The molecule has 2 heterocycles. The molecular formula is C22H24ClFN4O2S. The van der Waals surface area contributed by atoms with Crippen LogP contribution in [0.5, 0.6) is 0 Å². The molecule has 0 fully saturated rings. The molecule has 31 heavy (non-hydrogen) atoms. The van der Waals surface area contributed by atoms with Gasteiger partial charge in [-0.1, -0.05) is 44.5 Å². The Morgan fingerprint density at radius 3 is 2.61 bits per heavy atom. The van der Waals surface area contributed by atoms with Gasteiger partial charge in [0.05, 0.1) is 26.9 Å². The van der Waals surface area contributed by atoms with Crippen LogP contribution in [0.4, 0.5) is 10.1 Å². The van der Waals surface area contributed by atoms with Crippen molar-refractivity contribution in [1.82, 2.24) is 10.2 Å². The van der Waals surface area contributed by atoms with Crippen molar-refractivity contribution in [2.75, 3.05) is 17.2 Å². The second-order valence-corrected chi connectivity index (χ2v) is 10.6. The Bertz CT molecular complexity index is 1130. The molecule has 1 aliphatic rings. The van der Waals surface area contributed by atoms with Crippen LogP contribution in [0.25, 0.3) is 11.5 Å². The van der Waals surface area contributed by atoms with Crippen LogP contribution in [-0.2, 0) is 22.8 Å². The maximum Gasteiger partial charge on any atom is 0.250 e. The Morgan fingerprint density at radius 1 is 1.26 bits per heavy atom. The van der Waals surface area contributed by atoms with Gasteiger partial charge in [0.2, 0.25) is 5.89 Å². The quantitative estimate of drug-likeness (QED) is 0.625. The Balaban J connectivity index is 1.79. The molecule has 0 radical (unpaired) electrons. The van der Waals surface area contributed by atoms with Gasteiger partial charge in [0, 0.05) is 35.3 Å². The summed E-state index contributed by atoms with van der Waals surface area (Å²) in [6.07, 6.45) is 0. The number of nitrogens with two attached hydrogens (primary N) is 1. The van der Waals surface area contributed by atoms with Gasteiger partial charge in [0.15, 0.2) is 0 Å². The van der Waals surface area contributed by atoms with Crippen LogP contribution in [0.15, 0.2) is 45.7 Å². The van der Waals surface area contributed by atoms with Gasteiger partial charge in [-0.2, -0.15) is 0 Å². The largest absolute Gasteiger partial charge is 0.420 e. The highest BCUT2D eigenvalue weighted by Crippen LogP contribution is 2.36. The molecule has 1 unspecified atom stereocenters. The normalized spacial score (nSPS) is 19.2. The van der Waals surface area contributed by atoms with Crippen molar-refractivity contribution in [3.8, 4) is 11.5 Å². The van der Waals surface area contributed by atoms with Crippen LogP contribution in [0, 0.1) is 5.82 Å². The molecule has 2 N–H and O–H groups in total. The van der Waals surface area contributed by atoms with Gasteiger partial charge < -0.3 is 15.1 Å². The third kappa shape index (κ3) is 4.66. The molecule has 3 aromatic rings. The first-order chi connectivity index (χ1) is 14.6. The van der Waals surface area contributed by atoms with Crippen molar-refractivity contribution in [2.45, 2.75) is 43.7 Å². The van der Waals surface area contributed by atoms with E-state index in [0.29, 0.717) is 34.6 Å². The third-order valence-electron chi connectivity index (χ3n) is 5.04. The summed E-state index contributed by atoms with van der Waals surface area (Å²) < 4.78 is 33.7. The SMILES string of the molecule is CC(C)(C)c1nnc(-c2cc3c(cc2F)S(=O)C[C@H](N)CN3Cc2ccc(Cl)cc2)o1. The fraction of sp³-hybridized carbons (Fsp3) is 0.364. The molecule has 0 saturated carbocycles. The second kappa shape index (κ2) is 8.33. The number of benzene rings is 2. The number of rotatable bonds is 3. The van der Waals surface area contributed by atoms with Crippen molar-refractivity contribution in [2.24, 2.45) is 5.73 Å². The molecule has 0 amide bonds. The maximum atomic E-state index is 15.0. The van der Waals surface area contributed by atoms with Gasteiger partial charge in [-0.05, 0) is 29.8 Å². The van der Waals surface area contributed by atoms with E-state index in [4.69, 9.17) is 21.8 Å². The van der Waals surface area contributed by atoms with E-state index < -0.39 is 16.6 Å². The predicted octanol–water partition coefficient (Wildman–Crippen LogP) is 4.28. The zero-order valence-electron chi connectivity index (χ0n) is 17.6. The zero-order valence-corrected chi connectivity index (χ0v) is 19.1. The molecule has 6 nitrogen and oxygen atoms in total. The standard InChI is InChI=1S/C22H24ClFN4O2S/c1-22(2,3)21-27-26-20(30-21)16-8-18-19(9-17(16)24)31(29)12-15(25)11-28(18)10-13-4-6-14(23)7-5-13/h4-9,15H,10-12,25H2,1-3H3/t15-,31?/m1/s1. The second-order valence-electron chi connectivity index (χ2n) is 8.74. The first-order valence-electron chi connectivity index (χ1n) is 9.93. The van der Waals surface area contributed by atoms with E-state index in [1.807, 2.05) is 49.9 Å². The Hall–Kier alpha value is -2.29. The minimum absolute atomic E-state index is 0.0935. The monoisotopic (exact) mass is 462 g/mol. The van der Waals surface area contributed by atoms with E-state index in [0.717, 1.165) is 5.56 Å². The van der Waals surface area contributed by atoms with Crippen LogP contribution in [0.1, 0.15) is 32.2 Å². The van der Waals surface area contributed by atoms with Crippen molar-refractivity contribution < 1.29 is 13.0 Å². The van der Waals surface area contributed by atoms with Crippen LogP contribution in [0.2, 0.25) is 5.02 Å². The van der Waals surface area contributed by atoms with Crippen LogP contribution in [-0.4, -0.2) is 32.7 Å². The minimum Gasteiger partial charge on any atom is -0.420 e. The Morgan fingerprint density at radius 2 is 1.97 bits per heavy atom. The number of halogens is 2. The molecule has 1 aliphatic heterocycles. The fourth-order valence-electron chi connectivity index (χ4n) is 3.45. The lowest BCUT2D eigenvalue weighted by atomic mass is 9.97. The summed E-state index contributed by atoms with van der Waals surface area (Å²) in [5, 5.41) is 8.76. The predicted molar refractivity (Wildman–Crippen MR) is 120 cm³/mol. The lowest BCUT2D eigenvalue weighted by Gasteiger charge is -2.26. The highest BCUT2D eigenvalue weighted by molar-refractivity contribution is 7.85. The minimum atomic E-state index is -1.42. The molecule has 2 aromatic carbocycles. The molecule has 0 saturated heterocycles. The Kier molecular flexibility index (Phi) is 5.89. The average molecular weight is 463 g/mol. The number of anilines is 1. The van der Waals surface area contributed by atoms with Crippen molar-refractivity contribution in [3.63, 3.8) is 0 Å². The van der Waals surface area contributed by atoms with Crippen LogP contribution >= 0.6 is 11.6 Å². The number of nitrogens with zero attached hydrogens (tertiary/aromatic N) is 3. The van der Waals surface area contributed by atoms with Crippen molar-refractivity contribution in [3.05, 3.63) is 58.7 Å². The van der Waals surface area contributed by atoms with E-state index in [1.54, 1.807) is 6.07 Å². The van der Waals surface area contributed by atoms with Crippen LogP contribution in [0.3, 0.4) is 0 Å². The topological polar surface area (TPSA) is 85.2 Å². The molecule has 2 atom stereocenters. The lowest BCUT2D eigenvalue weighted by molar-refractivity contribution is 0.398. The van der Waals surface area contributed by atoms with E-state index in [9.17, 15) is 4.21 Å². The summed E-state index contributed by atoms with van der Waals surface area (Å²) >= 11 is 6.01. The lowest BCUT2D eigenvalue weighted by Crippen LogP contribution is -2.38. The average Bonchev–Trinajstić information content (AvgIpc) is 3.15. The molecule has 164 valence electrons. The molecule has 1 aromatic heterocycles. The van der Waals surface area contributed by atoms with Gasteiger partial charge in [-0.25, -0.2) is 4.39 Å². The highest BCUT2D eigenvalue weighted by atomic mass is 35.5. The van der Waals surface area contributed by atoms with Crippen LogP contribution < -0.4 is 10.6 Å². The van der Waals surface area contributed by atoms with E-state index >= 15 is 4.39 Å². The summed E-state index contributed by atoms with van der Waals surface area (Å²) in [5.74, 6) is 0.215. The van der Waals surface area contributed by atoms with Gasteiger partial charge in [0.1, 0.15) is 5.82 Å². The van der Waals surface area contributed by atoms with Crippen molar-refractivity contribution >= 4 is 28.1 Å². The molecule has 0 aliphatic carbocycles. The van der Waals surface area contributed by atoms with Gasteiger partial charge in [-0.3, -0.25) is 4.21 Å². The van der Waals surface area contributed by atoms with E-state index in [2.05, 4.69) is 10.2 Å². The Labute approximate surface area is 188 Å². The van der Waals surface area contributed by atoms with Gasteiger partial charge >= 0.3 is 0 Å². The van der Waals surface area contributed by atoms with E-state index in [-0.39, 0.29) is 28.7 Å². The summed E-state index contributed by atoms with van der Waals surface area (Å²) in [4.78, 5) is 2.43. The van der Waals surface area contributed by atoms with E-state index in [1.165, 1.54) is 6.07 Å². The molecular weight excluding hydrogens is 439 g/mol. The molecule has 0 bridgehead atoms. The number of aromatic nitrogens is 2. The first-order valence-corrected chi connectivity index (χ1v) is 11.6. The van der Waals surface area contributed by atoms with Gasteiger partial charge in [0.25, 0.3) is 5.89 Å². The van der Waals surface area contributed by atoms with Gasteiger partial charge in [-0.15, -0.1) is 10.2 Å². The summed E-state index contributed by atoms with van der Waals surface area (Å²) in [6.45, 7) is 6.81. The summed E-state index contributed by atoms with van der Waals surface area (Å²) in [7, 11) is -1.42. The fourth-order valence-corrected chi connectivity index (χ4v) is 4.91. The molecule has 9 heteroatoms.